The number of amides is 3. The lowest BCUT2D eigenvalue weighted by atomic mass is 9.90. The Hall–Kier alpha value is -2.93. The fraction of sp³-hybridized carbons (Fsp3) is 0.481. The Morgan fingerprint density at radius 2 is 1.71 bits per heavy atom. The topological polar surface area (TPSA) is 91.4 Å². The maximum Gasteiger partial charge on any atom is 0.247 e. The van der Waals surface area contributed by atoms with E-state index in [1.165, 1.54) is 0 Å². The number of aromatic nitrogens is 1. The zero-order chi connectivity index (χ0) is 25.4. The van der Waals surface area contributed by atoms with E-state index in [0.717, 1.165) is 32.1 Å². The predicted molar refractivity (Wildman–Crippen MR) is 138 cm³/mol. The van der Waals surface area contributed by atoms with Gasteiger partial charge in [0.25, 0.3) is 0 Å². The lowest BCUT2D eigenvalue weighted by molar-refractivity contribution is -0.145. The Labute approximate surface area is 212 Å². The van der Waals surface area contributed by atoms with Crippen molar-refractivity contribution in [3.8, 4) is 0 Å². The van der Waals surface area contributed by atoms with Crippen molar-refractivity contribution in [1.29, 1.82) is 0 Å². The van der Waals surface area contributed by atoms with E-state index in [2.05, 4.69) is 15.6 Å². The highest BCUT2D eigenvalue weighted by atomic mass is 35.5. The van der Waals surface area contributed by atoms with Gasteiger partial charge < -0.3 is 15.5 Å². The third kappa shape index (κ3) is 8.06. The number of benzene rings is 1. The molecular formula is C27H35ClN4O3. The highest BCUT2D eigenvalue weighted by Crippen LogP contribution is 2.32. The van der Waals surface area contributed by atoms with E-state index in [1.54, 1.807) is 53.6 Å². The Kier molecular flexibility index (Phi) is 9.26. The Morgan fingerprint density at radius 3 is 2.31 bits per heavy atom. The highest BCUT2D eigenvalue weighted by Gasteiger charge is 2.37. The van der Waals surface area contributed by atoms with Crippen LogP contribution in [0.2, 0.25) is 5.02 Å². The minimum Gasteiger partial charge on any atom is -0.349 e. The molecule has 2 aromatic rings. The zero-order valence-electron chi connectivity index (χ0n) is 20.7. The number of carbonyl (C=O) groups is 3. The van der Waals surface area contributed by atoms with Crippen molar-refractivity contribution in [3.63, 3.8) is 0 Å². The van der Waals surface area contributed by atoms with Crippen LogP contribution in [0.5, 0.6) is 0 Å². The zero-order valence-corrected chi connectivity index (χ0v) is 21.5. The monoisotopic (exact) mass is 498 g/mol. The molecule has 1 saturated carbocycles. The molecule has 188 valence electrons. The van der Waals surface area contributed by atoms with Crippen LogP contribution in [0.4, 0.5) is 5.82 Å². The first kappa shape index (κ1) is 26.7. The van der Waals surface area contributed by atoms with Gasteiger partial charge in [0.15, 0.2) is 0 Å². The van der Waals surface area contributed by atoms with Gasteiger partial charge in [0.05, 0.1) is 0 Å². The van der Waals surface area contributed by atoms with E-state index in [1.807, 2.05) is 20.8 Å². The lowest BCUT2D eigenvalue weighted by Gasteiger charge is -2.40. The van der Waals surface area contributed by atoms with Crippen LogP contribution in [0.25, 0.3) is 0 Å². The van der Waals surface area contributed by atoms with Gasteiger partial charge in [-0.1, -0.05) is 49.1 Å². The molecule has 1 aromatic heterocycles. The first-order valence-electron chi connectivity index (χ1n) is 12.2. The van der Waals surface area contributed by atoms with Gasteiger partial charge in [-0.15, -0.1) is 0 Å². The van der Waals surface area contributed by atoms with Crippen LogP contribution in [0.1, 0.15) is 77.3 Å². The molecule has 0 saturated heterocycles. The Balaban J connectivity index is 1.86. The summed E-state index contributed by atoms with van der Waals surface area (Å²) in [5, 5.41) is 6.33. The van der Waals surface area contributed by atoms with Crippen molar-refractivity contribution < 1.29 is 14.4 Å². The molecule has 7 nitrogen and oxygen atoms in total. The van der Waals surface area contributed by atoms with E-state index in [0.29, 0.717) is 16.4 Å². The second kappa shape index (κ2) is 12.2. The van der Waals surface area contributed by atoms with Crippen LogP contribution in [-0.4, -0.2) is 39.2 Å². The summed E-state index contributed by atoms with van der Waals surface area (Å²) in [6, 6.07) is 11.4. The number of pyridine rings is 1. The summed E-state index contributed by atoms with van der Waals surface area (Å²) < 4.78 is 0. The van der Waals surface area contributed by atoms with Gasteiger partial charge in [-0.3, -0.25) is 14.4 Å². The van der Waals surface area contributed by atoms with E-state index in [-0.39, 0.29) is 36.6 Å². The number of nitrogens with zero attached hydrogens (tertiary/aromatic N) is 2. The molecule has 1 aliphatic rings. The fourth-order valence-corrected chi connectivity index (χ4v) is 4.56. The van der Waals surface area contributed by atoms with E-state index in [4.69, 9.17) is 11.6 Å². The molecule has 3 rings (SSSR count). The maximum absolute atomic E-state index is 13.7. The van der Waals surface area contributed by atoms with E-state index >= 15 is 0 Å². The molecule has 1 atom stereocenters. The molecule has 1 fully saturated rings. The van der Waals surface area contributed by atoms with Gasteiger partial charge in [0.2, 0.25) is 17.7 Å². The van der Waals surface area contributed by atoms with Gasteiger partial charge >= 0.3 is 0 Å². The van der Waals surface area contributed by atoms with Gasteiger partial charge in [-0.2, -0.15) is 0 Å². The number of hydrogen-bond acceptors (Lipinski definition) is 4. The summed E-state index contributed by atoms with van der Waals surface area (Å²) >= 11 is 6.11. The molecule has 0 unspecified atom stereocenters. The maximum atomic E-state index is 13.7. The molecule has 0 bridgehead atoms. The van der Waals surface area contributed by atoms with Crippen LogP contribution in [-0.2, 0) is 14.4 Å². The largest absolute Gasteiger partial charge is 0.349 e. The van der Waals surface area contributed by atoms with Gasteiger partial charge in [0.1, 0.15) is 11.9 Å². The van der Waals surface area contributed by atoms with Gasteiger partial charge in [-0.05, 0) is 63.4 Å². The molecule has 3 amide bonds. The summed E-state index contributed by atoms with van der Waals surface area (Å²) in [5.41, 5.74) is 0.235. The minimum atomic E-state index is -0.805. The normalized spacial score (nSPS) is 15.2. The molecule has 1 aliphatic carbocycles. The Bertz CT molecular complexity index is 999. The van der Waals surface area contributed by atoms with Crippen LogP contribution < -0.4 is 10.6 Å². The summed E-state index contributed by atoms with van der Waals surface area (Å²) in [5.74, 6) is -0.297. The smallest absolute Gasteiger partial charge is 0.247 e. The molecule has 0 aliphatic heterocycles. The second-order valence-corrected chi connectivity index (χ2v) is 10.5. The van der Waals surface area contributed by atoms with Gasteiger partial charge in [-0.25, -0.2) is 4.98 Å². The molecule has 2 N–H and O–H groups in total. The number of nitrogens with one attached hydrogen (secondary N) is 2. The summed E-state index contributed by atoms with van der Waals surface area (Å²) in [6.45, 7) is 5.75. The molecule has 0 spiro atoms. The fourth-order valence-electron chi connectivity index (χ4n) is 4.43. The summed E-state index contributed by atoms with van der Waals surface area (Å²) in [6.07, 6.45) is 6.39. The average Bonchev–Trinajstić information content (AvgIpc) is 2.82. The van der Waals surface area contributed by atoms with E-state index in [9.17, 15) is 14.4 Å². The predicted octanol–water partition coefficient (Wildman–Crippen LogP) is 5.27. The summed E-state index contributed by atoms with van der Waals surface area (Å²) in [4.78, 5) is 45.6. The second-order valence-electron chi connectivity index (χ2n) is 10.0. The number of halogens is 1. The van der Waals surface area contributed by atoms with Crippen molar-refractivity contribution in [1.82, 2.24) is 15.2 Å². The SMILES string of the molecule is CC(C)(C)NC(=O)[C@@H](c1ccc(Cl)cc1)N(C(=O)CCC(=O)Nc1ccccn1)C1CCCCC1. The van der Waals surface area contributed by atoms with Gasteiger partial charge in [0, 0.05) is 35.6 Å². The third-order valence-corrected chi connectivity index (χ3v) is 6.22. The number of hydrogen-bond donors (Lipinski definition) is 2. The highest BCUT2D eigenvalue weighted by molar-refractivity contribution is 6.30. The van der Waals surface area contributed by atoms with E-state index < -0.39 is 11.6 Å². The minimum absolute atomic E-state index is 0.00204. The van der Waals surface area contributed by atoms with Crippen LogP contribution >= 0.6 is 11.6 Å². The van der Waals surface area contributed by atoms with Crippen molar-refractivity contribution >= 4 is 35.1 Å². The first-order chi connectivity index (χ1) is 16.6. The standard InChI is InChI=1S/C27H35ClN4O3/c1-27(2,3)31-26(35)25(19-12-14-20(28)15-13-19)32(21-9-5-4-6-10-21)24(34)17-16-23(33)30-22-11-7-8-18-29-22/h7-8,11-15,18,21,25H,4-6,9-10,16-17H2,1-3H3,(H,31,35)(H,29,30,33)/t25-/m1/s1. The van der Waals surface area contributed by atoms with Crippen LogP contribution in [0, 0.1) is 0 Å². The molecule has 35 heavy (non-hydrogen) atoms. The number of anilines is 1. The van der Waals surface area contributed by atoms with Crippen molar-refractivity contribution in [2.75, 3.05) is 5.32 Å². The molecular weight excluding hydrogens is 464 g/mol. The third-order valence-electron chi connectivity index (χ3n) is 5.96. The van der Waals surface area contributed by atoms with Crippen LogP contribution in [0.15, 0.2) is 48.7 Å². The van der Waals surface area contributed by atoms with Crippen molar-refractivity contribution in [3.05, 3.63) is 59.2 Å². The molecule has 1 aromatic carbocycles. The van der Waals surface area contributed by atoms with Crippen molar-refractivity contribution in [2.24, 2.45) is 0 Å². The number of carbonyl (C=O) groups excluding carboxylic acids is 3. The molecule has 0 radical (unpaired) electrons. The van der Waals surface area contributed by atoms with Crippen LogP contribution in [0.3, 0.4) is 0 Å². The molecule has 8 heteroatoms. The summed E-state index contributed by atoms with van der Waals surface area (Å²) in [7, 11) is 0. The van der Waals surface area contributed by atoms with Crippen molar-refractivity contribution in [2.45, 2.75) is 83.3 Å². The molecule has 1 heterocycles. The lowest BCUT2D eigenvalue weighted by Crippen LogP contribution is -2.52. The average molecular weight is 499 g/mol. The quantitative estimate of drug-likeness (QED) is 0.518. The Morgan fingerprint density at radius 1 is 1.03 bits per heavy atom. The number of rotatable bonds is 8. The first-order valence-corrected chi connectivity index (χ1v) is 12.6.